The van der Waals surface area contributed by atoms with Gasteiger partial charge in [0.05, 0.1) is 25.0 Å². The number of carbonyl (C=O) groups excluding carboxylic acids is 1. The molecule has 1 aliphatic rings. The number of nitrogens with zero attached hydrogens (tertiary/aromatic N) is 4. The number of para-hydroxylation sites is 2. The SMILES string of the molecule is COc1ccc(Cn2nc(Nc3ccccc3NC(=O)/C=C/CN(C)C3CC3)c3c(Oc4ccc(C)cc4)ccnc32)cc1. The summed E-state index contributed by atoms with van der Waals surface area (Å²) in [6.07, 6.45) is 7.67. The predicted molar refractivity (Wildman–Crippen MR) is 174 cm³/mol. The maximum absolute atomic E-state index is 12.8. The van der Waals surface area contributed by atoms with Crippen LogP contribution in [0.1, 0.15) is 24.0 Å². The number of fused-ring (bicyclic) bond motifs is 1. The number of rotatable bonds is 12. The Kier molecular flexibility index (Phi) is 8.56. The van der Waals surface area contributed by atoms with Crippen molar-refractivity contribution in [2.75, 3.05) is 31.3 Å². The molecule has 3 aromatic carbocycles. The number of amides is 1. The molecule has 5 aromatic rings. The molecule has 2 heterocycles. The van der Waals surface area contributed by atoms with Crippen molar-refractivity contribution in [1.29, 1.82) is 0 Å². The molecule has 0 radical (unpaired) electrons. The van der Waals surface area contributed by atoms with Gasteiger partial charge in [-0.3, -0.25) is 9.69 Å². The molecule has 0 atom stereocenters. The van der Waals surface area contributed by atoms with Gasteiger partial charge in [-0.05, 0) is 68.8 Å². The third-order valence-corrected chi connectivity index (χ3v) is 7.61. The Labute approximate surface area is 257 Å². The van der Waals surface area contributed by atoms with Gasteiger partial charge in [0.15, 0.2) is 11.5 Å². The summed E-state index contributed by atoms with van der Waals surface area (Å²) in [5.41, 5.74) is 4.19. The van der Waals surface area contributed by atoms with E-state index in [1.54, 1.807) is 19.4 Å². The van der Waals surface area contributed by atoms with Crippen molar-refractivity contribution in [3.05, 3.63) is 108 Å². The molecule has 1 amide bonds. The van der Waals surface area contributed by atoms with Gasteiger partial charge in [-0.1, -0.05) is 48.0 Å². The molecule has 1 aliphatic carbocycles. The number of ether oxygens (including phenoxy) is 2. The van der Waals surface area contributed by atoms with Crippen LogP contribution in [0.25, 0.3) is 11.0 Å². The number of nitrogens with one attached hydrogen (secondary N) is 2. The summed E-state index contributed by atoms with van der Waals surface area (Å²) in [4.78, 5) is 19.8. The average molecular weight is 589 g/mol. The Morgan fingerprint density at radius 2 is 1.73 bits per heavy atom. The van der Waals surface area contributed by atoms with Gasteiger partial charge in [-0.2, -0.15) is 5.10 Å². The lowest BCUT2D eigenvalue weighted by atomic mass is 10.2. The van der Waals surface area contributed by atoms with Crippen molar-refractivity contribution in [2.24, 2.45) is 0 Å². The van der Waals surface area contributed by atoms with Crippen LogP contribution in [-0.2, 0) is 11.3 Å². The summed E-state index contributed by atoms with van der Waals surface area (Å²) >= 11 is 0. The first-order valence-electron chi connectivity index (χ1n) is 14.7. The first-order chi connectivity index (χ1) is 21.5. The van der Waals surface area contributed by atoms with Crippen molar-refractivity contribution in [1.82, 2.24) is 19.7 Å². The molecule has 9 nitrogen and oxygen atoms in total. The Balaban J connectivity index is 1.31. The Morgan fingerprint density at radius 3 is 2.45 bits per heavy atom. The van der Waals surface area contributed by atoms with Gasteiger partial charge in [-0.25, -0.2) is 9.67 Å². The average Bonchev–Trinajstić information content (AvgIpc) is 3.83. The van der Waals surface area contributed by atoms with Gasteiger partial charge in [0.1, 0.15) is 22.6 Å². The Bertz CT molecular complexity index is 1780. The lowest BCUT2D eigenvalue weighted by Crippen LogP contribution is -2.20. The van der Waals surface area contributed by atoms with E-state index >= 15 is 0 Å². The van der Waals surface area contributed by atoms with Gasteiger partial charge < -0.3 is 20.1 Å². The second kappa shape index (κ2) is 13.0. The fourth-order valence-corrected chi connectivity index (χ4v) is 4.98. The molecule has 44 heavy (non-hydrogen) atoms. The standard InChI is InChI=1S/C35H36N6O3/c1-24-10-16-28(17-11-24)44-31-20-21-36-35-33(31)34(39-41(35)23-25-12-18-27(43-3)19-13-25)38-30-8-5-4-7-29(30)37-32(42)9-6-22-40(2)26-14-15-26/h4-13,16-21,26H,14-15,22-23H2,1-3H3,(H,37,42)(H,38,39)/b9-6+. The minimum Gasteiger partial charge on any atom is -0.497 e. The third kappa shape index (κ3) is 6.90. The molecule has 6 rings (SSSR count). The highest BCUT2D eigenvalue weighted by Gasteiger charge is 2.25. The summed E-state index contributed by atoms with van der Waals surface area (Å²) in [6, 6.07) is 25.8. The van der Waals surface area contributed by atoms with Gasteiger partial charge in [0, 0.05) is 30.9 Å². The van der Waals surface area contributed by atoms with Crippen LogP contribution in [0.15, 0.2) is 97.2 Å². The molecule has 0 saturated heterocycles. The molecule has 0 unspecified atom stereocenters. The van der Waals surface area contributed by atoms with E-state index in [0.29, 0.717) is 46.9 Å². The molecule has 0 bridgehead atoms. The molecule has 0 spiro atoms. The number of aromatic nitrogens is 3. The summed E-state index contributed by atoms with van der Waals surface area (Å²) < 4.78 is 13.5. The van der Waals surface area contributed by atoms with Crippen molar-refractivity contribution >= 4 is 34.1 Å². The van der Waals surface area contributed by atoms with E-state index in [1.165, 1.54) is 12.8 Å². The van der Waals surface area contributed by atoms with Crippen LogP contribution in [0.3, 0.4) is 0 Å². The highest BCUT2D eigenvalue weighted by Crippen LogP contribution is 2.37. The zero-order valence-electron chi connectivity index (χ0n) is 25.2. The molecule has 1 fully saturated rings. The number of carbonyl (C=O) groups is 1. The van der Waals surface area contributed by atoms with Gasteiger partial charge in [0.25, 0.3) is 0 Å². The van der Waals surface area contributed by atoms with Crippen molar-refractivity contribution in [2.45, 2.75) is 32.4 Å². The zero-order valence-corrected chi connectivity index (χ0v) is 25.2. The first-order valence-corrected chi connectivity index (χ1v) is 14.7. The van der Waals surface area contributed by atoms with Crippen molar-refractivity contribution < 1.29 is 14.3 Å². The van der Waals surface area contributed by atoms with E-state index in [2.05, 4.69) is 22.6 Å². The number of anilines is 3. The number of aryl methyl sites for hydroxylation is 1. The minimum absolute atomic E-state index is 0.191. The molecule has 1 saturated carbocycles. The molecule has 224 valence electrons. The van der Waals surface area contributed by atoms with Crippen LogP contribution >= 0.6 is 0 Å². The molecular formula is C35H36N6O3. The maximum Gasteiger partial charge on any atom is 0.248 e. The second-order valence-corrected chi connectivity index (χ2v) is 11.0. The number of hydrogen-bond acceptors (Lipinski definition) is 7. The molecule has 2 N–H and O–H groups in total. The van der Waals surface area contributed by atoms with E-state index in [0.717, 1.165) is 28.8 Å². The summed E-state index contributed by atoms with van der Waals surface area (Å²) in [5.74, 6) is 2.49. The van der Waals surface area contributed by atoms with Crippen LogP contribution in [0, 0.1) is 6.92 Å². The van der Waals surface area contributed by atoms with Crippen molar-refractivity contribution in [3.63, 3.8) is 0 Å². The number of likely N-dealkylation sites (N-methyl/N-ethyl adjacent to an activating group) is 1. The molecule has 9 heteroatoms. The van der Waals surface area contributed by atoms with Crippen LogP contribution in [-0.4, -0.2) is 52.3 Å². The van der Waals surface area contributed by atoms with E-state index in [1.807, 2.05) is 96.5 Å². The normalized spacial score (nSPS) is 13.0. The summed E-state index contributed by atoms with van der Waals surface area (Å²) in [6.45, 7) is 3.27. The topological polar surface area (TPSA) is 93.5 Å². The second-order valence-electron chi connectivity index (χ2n) is 11.0. The summed E-state index contributed by atoms with van der Waals surface area (Å²) in [5, 5.41) is 12.2. The van der Waals surface area contributed by atoms with Crippen LogP contribution < -0.4 is 20.1 Å². The van der Waals surface area contributed by atoms with Crippen molar-refractivity contribution in [3.8, 4) is 17.2 Å². The number of methoxy groups -OCH3 is 1. The zero-order chi connectivity index (χ0) is 30.5. The van der Waals surface area contributed by atoms with Crippen LogP contribution in [0.5, 0.6) is 17.2 Å². The van der Waals surface area contributed by atoms with Gasteiger partial charge >= 0.3 is 0 Å². The fourth-order valence-electron chi connectivity index (χ4n) is 4.98. The van der Waals surface area contributed by atoms with E-state index in [9.17, 15) is 4.79 Å². The molecule has 2 aromatic heterocycles. The Hall–Kier alpha value is -5.15. The largest absolute Gasteiger partial charge is 0.497 e. The van der Waals surface area contributed by atoms with E-state index in [4.69, 9.17) is 19.6 Å². The minimum atomic E-state index is -0.191. The van der Waals surface area contributed by atoms with Gasteiger partial charge in [-0.15, -0.1) is 0 Å². The highest BCUT2D eigenvalue weighted by molar-refractivity contribution is 6.03. The third-order valence-electron chi connectivity index (χ3n) is 7.61. The molecular weight excluding hydrogens is 552 g/mol. The first kappa shape index (κ1) is 28.9. The number of hydrogen-bond donors (Lipinski definition) is 2. The predicted octanol–water partition coefficient (Wildman–Crippen LogP) is 6.92. The van der Waals surface area contributed by atoms with E-state index in [-0.39, 0.29) is 5.91 Å². The van der Waals surface area contributed by atoms with Crippen LogP contribution in [0.4, 0.5) is 17.2 Å². The summed E-state index contributed by atoms with van der Waals surface area (Å²) in [7, 11) is 3.74. The lowest BCUT2D eigenvalue weighted by Gasteiger charge is -2.13. The number of benzene rings is 3. The lowest BCUT2D eigenvalue weighted by molar-refractivity contribution is -0.111. The maximum atomic E-state index is 12.8. The van der Waals surface area contributed by atoms with Gasteiger partial charge in [0.2, 0.25) is 5.91 Å². The highest BCUT2D eigenvalue weighted by atomic mass is 16.5. The monoisotopic (exact) mass is 588 g/mol. The van der Waals surface area contributed by atoms with Crippen LogP contribution in [0.2, 0.25) is 0 Å². The van der Waals surface area contributed by atoms with E-state index < -0.39 is 0 Å². The fraction of sp³-hybridized carbons (Fsp3) is 0.229. The smallest absolute Gasteiger partial charge is 0.248 e. The number of pyridine rings is 1. The molecule has 0 aliphatic heterocycles. The quantitative estimate of drug-likeness (QED) is 0.153. The Morgan fingerprint density at radius 1 is 1.00 bits per heavy atom.